The second-order valence-corrected chi connectivity index (χ2v) is 10.6. The molecule has 0 unspecified atom stereocenters. The summed E-state index contributed by atoms with van der Waals surface area (Å²) in [6, 6.07) is 20.7. The van der Waals surface area contributed by atoms with Crippen molar-refractivity contribution in [3.8, 4) is 0 Å². The zero-order chi connectivity index (χ0) is 27.3. The number of ether oxygens (including phenoxy) is 1. The summed E-state index contributed by atoms with van der Waals surface area (Å²) in [6.07, 6.45) is 1.44. The molecule has 9 nitrogen and oxygen atoms in total. The van der Waals surface area contributed by atoms with Gasteiger partial charge in [0.25, 0.3) is 10.0 Å². The smallest absolute Gasteiger partial charge is 0.326 e. The third kappa shape index (κ3) is 6.58. The first-order valence-electron chi connectivity index (χ1n) is 12.4. The van der Waals surface area contributed by atoms with Gasteiger partial charge in [-0.3, -0.25) is 14.5 Å². The molecule has 1 aromatic heterocycles. The van der Waals surface area contributed by atoms with Crippen LogP contribution in [0.5, 0.6) is 0 Å². The second-order valence-electron chi connectivity index (χ2n) is 8.77. The van der Waals surface area contributed by atoms with E-state index in [0.29, 0.717) is 23.2 Å². The van der Waals surface area contributed by atoms with Crippen molar-refractivity contribution < 1.29 is 17.9 Å². The Labute approximate surface area is 234 Å². The van der Waals surface area contributed by atoms with Gasteiger partial charge in [0.1, 0.15) is 18.2 Å². The van der Waals surface area contributed by atoms with Gasteiger partial charge < -0.3 is 15.0 Å². The molecule has 11 heteroatoms. The predicted molar refractivity (Wildman–Crippen MR) is 155 cm³/mol. The van der Waals surface area contributed by atoms with Gasteiger partial charge in [0.15, 0.2) is 0 Å². The zero-order valence-corrected chi connectivity index (χ0v) is 23.5. The Morgan fingerprint density at radius 2 is 1.74 bits per heavy atom. The summed E-state index contributed by atoms with van der Waals surface area (Å²) in [5.41, 5.74) is 9.07. The van der Waals surface area contributed by atoms with Gasteiger partial charge in [-0.1, -0.05) is 49.4 Å². The van der Waals surface area contributed by atoms with Crippen molar-refractivity contribution in [2.24, 2.45) is 5.73 Å². The number of aryl methyl sites for hydroxylation is 1. The maximum Gasteiger partial charge on any atom is 0.326 e. The number of nitrogens with zero attached hydrogens (tertiary/aromatic N) is 3. The molecule has 39 heavy (non-hydrogen) atoms. The lowest BCUT2D eigenvalue weighted by atomic mass is 10.1. The molecule has 0 saturated heterocycles. The lowest BCUT2D eigenvalue weighted by Gasteiger charge is -2.23. The normalized spacial score (nSPS) is 11.1. The van der Waals surface area contributed by atoms with Crippen LogP contribution in [0.25, 0.3) is 11.0 Å². The van der Waals surface area contributed by atoms with Gasteiger partial charge >= 0.3 is 5.97 Å². The van der Waals surface area contributed by atoms with Crippen molar-refractivity contribution in [3.63, 3.8) is 0 Å². The number of nitrogens with one attached hydrogen (secondary N) is 1. The number of carbonyl (C=O) groups is 1. The number of aromatic nitrogens is 2. The van der Waals surface area contributed by atoms with Crippen molar-refractivity contribution in [2.75, 3.05) is 17.5 Å². The summed E-state index contributed by atoms with van der Waals surface area (Å²) < 4.78 is 35.4. The number of rotatable bonds is 11. The summed E-state index contributed by atoms with van der Waals surface area (Å²) in [5.74, 6) is 0.205. The van der Waals surface area contributed by atoms with Crippen LogP contribution in [-0.2, 0) is 32.5 Å². The maximum atomic E-state index is 13.6. The summed E-state index contributed by atoms with van der Waals surface area (Å²) in [5, 5.41) is 7.59. The highest BCUT2D eigenvalue weighted by Crippen LogP contribution is 2.29. The maximum absolute atomic E-state index is 13.6. The highest BCUT2D eigenvalue weighted by Gasteiger charge is 2.28. The minimum Gasteiger partial charge on any atom is -0.465 e. The van der Waals surface area contributed by atoms with E-state index in [2.05, 4.69) is 11.5 Å². The van der Waals surface area contributed by atoms with E-state index in [4.69, 9.17) is 20.9 Å². The zero-order valence-electron chi connectivity index (χ0n) is 21.8. The van der Waals surface area contributed by atoms with Crippen molar-refractivity contribution in [1.82, 2.24) is 9.55 Å². The van der Waals surface area contributed by atoms with Crippen LogP contribution in [0.4, 0.5) is 5.69 Å². The fourth-order valence-corrected chi connectivity index (χ4v) is 5.70. The first-order valence-corrected chi connectivity index (χ1v) is 13.8. The molecule has 3 N–H and O–H groups in total. The van der Waals surface area contributed by atoms with E-state index in [1.54, 1.807) is 37.3 Å². The first kappa shape index (κ1) is 29.7. The molecule has 4 rings (SSSR count). The van der Waals surface area contributed by atoms with Crippen LogP contribution in [0.2, 0.25) is 0 Å². The fraction of sp³-hybridized carbons (Fsp3) is 0.250. The summed E-state index contributed by atoms with van der Waals surface area (Å²) in [7, 11) is -4.04. The molecule has 0 radical (unpaired) electrons. The van der Waals surface area contributed by atoms with Gasteiger partial charge in [-0.05, 0) is 49.2 Å². The van der Waals surface area contributed by atoms with E-state index >= 15 is 0 Å². The van der Waals surface area contributed by atoms with Gasteiger partial charge in [0.05, 0.1) is 28.2 Å². The minimum atomic E-state index is -4.04. The number of amidine groups is 1. The lowest BCUT2D eigenvalue weighted by Crippen LogP contribution is -2.36. The SMILES string of the molecule is CCCn1c(Cc2ccc(C(=N)N)cc2)nc2cc(N(CC(=O)OCC)S(=O)(=O)c3ccccc3)ccc21.Cl. The van der Waals surface area contributed by atoms with E-state index in [0.717, 1.165) is 34.2 Å². The molecule has 0 aliphatic heterocycles. The molecule has 1 heterocycles. The highest BCUT2D eigenvalue weighted by molar-refractivity contribution is 7.92. The average Bonchev–Trinajstić information content (AvgIpc) is 3.24. The van der Waals surface area contributed by atoms with E-state index in [9.17, 15) is 13.2 Å². The van der Waals surface area contributed by atoms with Crippen LogP contribution >= 0.6 is 12.4 Å². The van der Waals surface area contributed by atoms with Gasteiger partial charge in [-0.15, -0.1) is 12.4 Å². The Bertz CT molecular complexity index is 1550. The first-order chi connectivity index (χ1) is 18.2. The molecule has 0 aliphatic rings. The minimum absolute atomic E-state index is 0. The number of sulfonamides is 1. The van der Waals surface area contributed by atoms with E-state index < -0.39 is 22.5 Å². The van der Waals surface area contributed by atoms with Crippen molar-refractivity contribution >= 4 is 51.0 Å². The number of nitrogen functional groups attached to an aromatic ring is 1. The predicted octanol–water partition coefficient (Wildman–Crippen LogP) is 4.50. The Kier molecular flexibility index (Phi) is 9.71. The number of hydrogen-bond acceptors (Lipinski definition) is 6. The van der Waals surface area contributed by atoms with Crippen molar-refractivity contribution in [2.45, 2.75) is 38.1 Å². The van der Waals surface area contributed by atoms with Crippen LogP contribution in [-0.4, -0.2) is 42.9 Å². The summed E-state index contributed by atoms with van der Waals surface area (Å²) in [6.45, 7) is 4.19. The number of benzene rings is 3. The van der Waals surface area contributed by atoms with Crippen molar-refractivity contribution in [1.29, 1.82) is 5.41 Å². The number of fused-ring (bicyclic) bond motifs is 1. The van der Waals surface area contributed by atoms with Crippen molar-refractivity contribution in [3.05, 3.63) is 89.7 Å². The fourth-order valence-electron chi connectivity index (χ4n) is 4.27. The lowest BCUT2D eigenvalue weighted by molar-refractivity contribution is -0.141. The number of anilines is 1. The topological polar surface area (TPSA) is 131 Å². The second kappa shape index (κ2) is 12.8. The number of carbonyl (C=O) groups excluding carboxylic acids is 1. The van der Waals surface area contributed by atoms with Crippen LogP contribution < -0.4 is 10.0 Å². The van der Waals surface area contributed by atoms with Gasteiger partial charge in [-0.2, -0.15) is 0 Å². The van der Waals surface area contributed by atoms with E-state index in [1.165, 1.54) is 12.1 Å². The molecule has 206 valence electrons. The summed E-state index contributed by atoms with van der Waals surface area (Å²) >= 11 is 0. The number of halogens is 1. The Hall–Kier alpha value is -3.89. The molecule has 4 aromatic rings. The quantitative estimate of drug-likeness (QED) is 0.155. The standard InChI is InChI=1S/C28H31N5O4S.ClH/c1-3-16-32-25-15-14-22(18-24(25)31-26(32)17-20-10-12-21(13-11-20)28(29)30)33(19-27(34)37-4-2)38(35,36)23-8-6-5-7-9-23;/h5-15,18H,3-4,16-17,19H2,1-2H3,(H3,29,30);1H. The number of hydrogen-bond donors (Lipinski definition) is 2. The molecule has 0 aliphatic carbocycles. The summed E-state index contributed by atoms with van der Waals surface area (Å²) in [4.78, 5) is 17.3. The van der Waals surface area contributed by atoms with Crippen LogP contribution in [0.15, 0.2) is 77.7 Å². The third-order valence-electron chi connectivity index (χ3n) is 6.08. The molecule has 0 spiro atoms. The molecule has 0 atom stereocenters. The van der Waals surface area contributed by atoms with Gasteiger partial charge in [-0.25, -0.2) is 13.4 Å². The van der Waals surface area contributed by atoms with Gasteiger partial charge in [0, 0.05) is 18.5 Å². The monoisotopic (exact) mass is 569 g/mol. The molecule has 0 bridgehead atoms. The Morgan fingerprint density at radius 3 is 2.36 bits per heavy atom. The Balaban J connectivity index is 0.00000420. The highest BCUT2D eigenvalue weighted by atomic mass is 35.5. The largest absolute Gasteiger partial charge is 0.465 e. The number of nitrogens with two attached hydrogens (primary N) is 1. The van der Waals surface area contributed by atoms with E-state index in [1.807, 2.05) is 30.3 Å². The van der Waals surface area contributed by atoms with Crippen LogP contribution in [0.3, 0.4) is 0 Å². The number of imidazole rings is 1. The molecule has 0 saturated carbocycles. The van der Waals surface area contributed by atoms with Crippen LogP contribution in [0.1, 0.15) is 37.2 Å². The third-order valence-corrected chi connectivity index (χ3v) is 7.87. The molecule has 0 fully saturated rings. The average molecular weight is 570 g/mol. The Morgan fingerprint density at radius 1 is 1.05 bits per heavy atom. The van der Waals surface area contributed by atoms with Gasteiger partial charge in [0.2, 0.25) is 0 Å². The number of esters is 1. The molecule has 3 aromatic carbocycles. The molecular formula is C28H32ClN5O4S. The van der Waals surface area contributed by atoms with Crippen LogP contribution in [0, 0.1) is 5.41 Å². The van der Waals surface area contributed by atoms with E-state index in [-0.39, 0.29) is 29.7 Å². The molecule has 0 amide bonds. The molecular weight excluding hydrogens is 538 g/mol.